The van der Waals surface area contributed by atoms with E-state index in [1.54, 1.807) is 6.92 Å². The molecule has 0 aliphatic carbocycles. The van der Waals surface area contributed by atoms with E-state index >= 15 is 0 Å². The van der Waals surface area contributed by atoms with E-state index in [4.69, 9.17) is 0 Å². The van der Waals surface area contributed by atoms with Crippen LogP contribution in [0, 0.1) is 18.7 Å². The Kier molecular flexibility index (Phi) is 3.89. The van der Waals surface area contributed by atoms with Crippen LogP contribution in [0.3, 0.4) is 0 Å². The number of hydrogen-bond acceptors (Lipinski definition) is 4. The molecule has 0 bridgehead atoms. The molecule has 1 aromatic rings. The van der Waals surface area contributed by atoms with Gasteiger partial charge in [-0.15, -0.1) is 0 Å². The van der Waals surface area contributed by atoms with Crippen LogP contribution in [0.1, 0.15) is 19.0 Å². The molecule has 0 aromatic carbocycles. The van der Waals surface area contributed by atoms with Crippen molar-refractivity contribution in [3.8, 4) is 0 Å². The minimum absolute atomic E-state index is 0.326. The van der Waals surface area contributed by atoms with Crippen molar-refractivity contribution in [1.82, 2.24) is 14.9 Å². The number of likely N-dealkylation sites (tertiary alicyclic amines) is 1. The Balaban J connectivity index is 1.88. The van der Waals surface area contributed by atoms with Gasteiger partial charge in [-0.05, 0) is 32.4 Å². The van der Waals surface area contributed by atoms with E-state index in [0.717, 1.165) is 26.2 Å². The highest BCUT2D eigenvalue weighted by molar-refractivity contribution is 5.36. The Morgan fingerprint density at radius 2 is 2.35 bits per heavy atom. The average molecular weight is 238 g/mol. The molecule has 0 amide bonds. The second kappa shape index (κ2) is 5.40. The highest BCUT2D eigenvalue weighted by atomic mass is 19.1. The van der Waals surface area contributed by atoms with Crippen molar-refractivity contribution in [2.24, 2.45) is 5.92 Å². The van der Waals surface area contributed by atoms with E-state index in [2.05, 4.69) is 27.1 Å². The molecular formula is C12H19FN4. The lowest BCUT2D eigenvalue weighted by Gasteiger charge is -2.14. The predicted molar refractivity (Wildman–Crippen MR) is 65.4 cm³/mol. The molecule has 1 N–H and O–H groups in total. The van der Waals surface area contributed by atoms with Crippen LogP contribution in [0.15, 0.2) is 6.33 Å². The van der Waals surface area contributed by atoms with Crippen LogP contribution in [0.5, 0.6) is 0 Å². The molecule has 1 aromatic heterocycles. The van der Waals surface area contributed by atoms with Gasteiger partial charge >= 0.3 is 0 Å². The fourth-order valence-electron chi connectivity index (χ4n) is 2.19. The zero-order valence-corrected chi connectivity index (χ0v) is 10.4. The fourth-order valence-corrected chi connectivity index (χ4v) is 2.19. The van der Waals surface area contributed by atoms with Crippen LogP contribution < -0.4 is 5.32 Å². The Hall–Kier alpha value is -1.23. The minimum Gasteiger partial charge on any atom is -0.367 e. The van der Waals surface area contributed by atoms with Crippen LogP contribution in [0.2, 0.25) is 0 Å². The number of hydrogen-bond donors (Lipinski definition) is 1. The van der Waals surface area contributed by atoms with Gasteiger partial charge in [-0.1, -0.05) is 6.92 Å². The maximum Gasteiger partial charge on any atom is 0.186 e. The molecule has 1 aliphatic rings. The lowest BCUT2D eigenvalue weighted by Crippen LogP contribution is -2.23. The maximum atomic E-state index is 13.6. The largest absolute Gasteiger partial charge is 0.367 e. The number of aromatic nitrogens is 2. The molecule has 1 fully saturated rings. The minimum atomic E-state index is -0.335. The summed E-state index contributed by atoms with van der Waals surface area (Å²) in [5, 5.41) is 3.09. The van der Waals surface area contributed by atoms with Crippen LogP contribution >= 0.6 is 0 Å². The smallest absolute Gasteiger partial charge is 0.186 e. The molecule has 0 saturated carbocycles. The molecule has 5 heteroatoms. The Labute approximate surface area is 101 Å². The monoisotopic (exact) mass is 238 g/mol. The fraction of sp³-hybridized carbons (Fsp3) is 0.667. The van der Waals surface area contributed by atoms with Crippen molar-refractivity contribution in [1.29, 1.82) is 0 Å². The van der Waals surface area contributed by atoms with Gasteiger partial charge in [0.05, 0.1) is 5.69 Å². The molecule has 2 heterocycles. The van der Waals surface area contributed by atoms with Crippen molar-refractivity contribution in [2.45, 2.75) is 20.3 Å². The van der Waals surface area contributed by atoms with Gasteiger partial charge in [0.25, 0.3) is 0 Å². The molecule has 1 saturated heterocycles. The number of rotatable bonds is 4. The van der Waals surface area contributed by atoms with Crippen molar-refractivity contribution in [2.75, 3.05) is 31.5 Å². The first kappa shape index (κ1) is 12.2. The first-order chi connectivity index (χ1) is 8.20. The van der Waals surface area contributed by atoms with E-state index in [1.807, 2.05) is 0 Å². The van der Waals surface area contributed by atoms with Crippen LogP contribution in [0.25, 0.3) is 0 Å². The van der Waals surface area contributed by atoms with Crippen LogP contribution in [-0.2, 0) is 0 Å². The molecule has 1 unspecified atom stereocenters. The summed E-state index contributed by atoms with van der Waals surface area (Å²) >= 11 is 0. The maximum absolute atomic E-state index is 13.6. The standard InChI is InChI=1S/C12H19FN4/c1-3-17-5-4-10(7-17)6-14-12-11(13)9(2)15-8-16-12/h8,10H,3-7H2,1-2H3,(H,14,15,16). The molecule has 0 spiro atoms. The third-order valence-electron chi connectivity index (χ3n) is 3.34. The molecule has 94 valence electrons. The van der Waals surface area contributed by atoms with E-state index in [0.29, 0.717) is 17.4 Å². The first-order valence-electron chi connectivity index (χ1n) is 6.14. The summed E-state index contributed by atoms with van der Waals surface area (Å²) in [4.78, 5) is 10.1. The van der Waals surface area contributed by atoms with Gasteiger partial charge in [0.15, 0.2) is 11.6 Å². The third kappa shape index (κ3) is 2.91. The number of aryl methyl sites for hydroxylation is 1. The summed E-state index contributed by atoms with van der Waals surface area (Å²) in [6.07, 6.45) is 2.57. The molecule has 1 aliphatic heterocycles. The van der Waals surface area contributed by atoms with Gasteiger partial charge in [-0.25, -0.2) is 14.4 Å². The van der Waals surface area contributed by atoms with Crippen molar-refractivity contribution < 1.29 is 4.39 Å². The van der Waals surface area contributed by atoms with Gasteiger partial charge in [0.2, 0.25) is 0 Å². The number of anilines is 1. The Morgan fingerprint density at radius 1 is 1.53 bits per heavy atom. The number of nitrogens with one attached hydrogen (secondary N) is 1. The highest BCUT2D eigenvalue weighted by Gasteiger charge is 2.21. The number of halogens is 1. The number of nitrogens with zero attached hydrogens (tertiary/aromatic N) is 3. The second-order valence-corrected chi connectivity index (χ2v) is 4.55. The normalized spacial score (nSPS) is 20.8. The Bertz CT molecular complexity index is 383. The summed E-state index contributed by atoms with van der Waals surface area (Å²) in [5.74, 6) is 0.579. The van der Waals surface area contributed by atoms with Gasteiger partial charge in [0.1, 0.15) is 6.33 Å². The van der Waals surface area contributed by atoms with E-state index in [1.165, 1.54) is 12.7 Å². The molecule has 2 rings (SSSR count). The molecular weight excluding hydrogens is 219 g/mol. The van der Waals surface area contributed by atoms with Crippen LogP contribution in [-0.4, -0.2) is 41.0 Å². The van der Waals surface area contributed by atoms with Crippen molar-refractivity contribution in [3.63, 3.8) is 0 Å². The molecule has 4 nitrogen and oxygen atoms in total. The summed E-state index contributed by atoms with van der Waals surface area (Å²) in [6.45, 7) is 7.94. The Morgan fingerprint density at radius 3 is 3.06 bits per heavy atom. The van der Waals surface area contributed by atoms with Gasteiger partial charge < -0.3 is 10.2 Å². The van der Waals surface area contributed by atoms with Gasteiger partial charge in [-0.2, -0.15) is 0 Å². The van der Waals surface area contributed by atoms with Gasteiger partial charge in [-0.3, -0.25) is 0 Å². The lowest BCUT2D eigenvalue weighted by molar-refractivity contribution is 0.345. The topological polar surface area (TPSA) is 41.0 Å². The summed E-state index contributed by atoms with van der Waals surface area (Å²) in [7, 11) is 0. The summed E-state index contributed by atoms with van der Waals surface area (Å²) < 4.78 is 13.6. The van der Waals surface area contributed by atoms with E-state index < -0.39 is 0 Å². The summed E-state index contributed by atoms with van der Waals surface area (Å²) in [5.41, 5.74) is 0.393. The van der Waals surface area contributed by atoms with E-state index in [9.17, 15) is 4.39 Å². The lowest BCUT2D eigenvalue weighted by atomic mass is 10.1. The third-order valence-corrected chi connectivity index (χ3v) is 3.34. The zero-order chi connectivity index (χ0) is 12.3. The highest BCUT2D eigenvalue weighted by Crippen LogP contribution is 2.17. The second-order valence-electron chi connectivity index (χ2n) is 4.55. The van der Waals surface area contributed by atoms with Crippen molar-refractivity contribution in [3.05, 3.63) is 17.8 Å². The predicted octanol–water partition coefficient (Wildman–Crippen LogP) is 1.68. The molecule has 17 heavy (non-hydrogen) atoms. The van der Waals surface area contributed by atoms with Crippen molar-refractivity contribution >= 4 is 5.82 Å². The van der Waals surface area contributed by atoms with Gasteiger partial charge in [0, 0.05) is 13.1 Å². The van der Waals surface area contributed by atoms with E-state index in [-0.39, 0.29) is 5.82 Å². The summed E-state index contributed by atoms with van der Waals surface area (Å²) in [6, 6.07) is 0. The molecule has 1 atom stereocenters. The first-order valence-corrected chi connectivity index (χ1v) is 6.14. The SMILES string of the molecule is CCN1CCC(CNc2ncnc(C)c2F)C1. The average Bonchev–Trinajstić information content (AvgIpc) is 2.79. The zero-order valence-electron chi connectivity index (χ0n) is 10.4. The molecule has 0 radical (unpaired) electrons. The quantitative estimate of drug-likeness (QED) is 0.866. The van der Waals surface area contributed by atoms with Crippen LogP contribution in [0.4, 0.5) is 10.2 Å².